The van der Waals surface area contributed by atoms with Gasteiger partial charge in [0.2, 0.25) is 0 Å². The molecule has 2 heteroatoms. The van der Waals surface area contributed by atoms with Crippen LogP contribution in [0.4, 0.5) is 0 Å². The van der Waals surface area contributed by atoms with E-state index in [0.29, 0.717) is 12.3 Å². The molecule has 15 heavy (non-hydrogen) atoms. The highest BCUT2D eigenvalue weighted by Gasteiger charge is 1.89. The zero-order valence-corrected chi connectivity index (χ0v) is 9.83. The fourth-order valence-corrected chi connectivity index (χ4v) is 0.831. The molecule has 0 aliphatic carbocycles. The SMILES string of the molecule is C=C(/C=C\N=C(N)C/C=C\C)/C(C)=C\C. The molecule has 0 atom stereocenters. The molecule has 0 aromatic carbocycles. The van der Waals surface area contributed by atoms with E-state index in [1.54, 1.807) is 6.20 Å². The monoisotopic (exact) mass is 204 g/mol. The smallest absolute Gasteiger partial charge is 0.103 e. The van der Waals surface area contributed by atoms with Crippen LogP contribution in [-0.4, -0.2) is 5.84 Å². The lowest BCUT2D eigenvalue weighted by Gasteiger charge is -1.97. The fraction of sp³-hybridized carbons (Fsp3) is 0.308. The first-order valence-corrected chi connectivity index (χ1v) is 5.03. The van der Waals surface area contributed by atoms with E-state index in [4.69, 9.17) is 5.73 Å². The van der Waals surface area contributed by atoms with Gasteiger partial charge in [0.25, 0.3) is 0 Å². The van der Waals surface area contributed by atoms with Crippen molar-refractivity contribution in [3.8, 4) is 0 Å². The molecule has 2 nitrogen and oxygen atoms in total. The molecule has 0 saturated heterocycles. The zero-order chi connectivity index (χ0) is 11.7. The topological polar surface area (TPSA) is 38.4 Å². The van der Waals surface area contributed by atoms with Crippen molar-refractivity contribution in [1.29, 1.82) is 0 Å². The van der Waals surface area contributed by atoms with Crippen molar-refractivity contribution < 1.29 is 0 Å². The van der Waals surface area contributed by atoms with Gasteiger partial charge in [-0.1, -0.05) is 24.8 Å². The number of rotatable bonds is 5. The zero-order valence-electron chi connectivity index (χ0n) is 9.83. The van der Waals surface area contributed by atoms with Crippen molar-refractivity contribution >= 4 is 5.84 Å². The summed E-state index contributed by atoms with van der Waals surface area (Å²) in [6.07, 6.45) is 10.2. The second-order valence-corrected chi connectivity index (χ2v) is 3.21. The Hall–Kier alpha value is -1.57. The van der Waals surface area contributed by atoms with Crippen LogP contribution in [0.1, 0.15) is 27.2 Å². The van der Waals surface area contributed by atoms with Gasteiger partial charge in [-0.2, -0.15) is 0 Å². The minimum atomic E-state index is 0.607. The van der Waals surface area contributed by atoms with Crippen molar-refractivity contribution in [2.24, 2.45) is 10.7 Å². The summed E-state index contributed by atoms with van der Waals surface area (Å²) in [5.41, 5.74) is 7.76. The van der Waals surface area contributed by atoms with Crippen LogP contribution in [0, 0.1) is 0 Å². The van der Waals surface area contributed by atoms with Gasteiger partial charge >= 0.3 is 0 Å². The molecule has 2 N–H and O–H groups in total. The van der Waals surface area contributed by atoms with Gasteiger partial charge in [-0.3, -0.25) is 0 Å². The summed E-state index contributed by atoms with van der Waals surface area (Å²) in [5, 5.41) is 0. The average Bonchev–Trinajstić information content (AvgIpc) is 2.24. The molecule has 0 amide bonds. The fourth-order valence-electron chi connectivity index (χ4n) is 0.831. The van der Waals surface area contributed by atoms with Crippen LogP contribution in [0.15, 0.2) is 53.2 Å². The molecule has 0 aliphatic heterocycles. The van der Waals surface area contributed by atoms with E-state index >= 15 is 0 Å². The average molecular weight is 204 g/mol. The molecule has 0 saturated carbocycles. The molecule has 0 aliphatic rings. The number of nitrogens with zero attached hydrogens (tertiary/aromatic N) is 1. The lowest BCUT2D eigenvalue weighted by molar-refractivity contribution is 1.33. The first-order chi connectivity index (χ1) is 7.11. The van der Waals surface area contributed by atoms with Crippen LogP contribution >= 0.6 is 0 Å². The Kier molecular flexibility index (Phi) is 6.98. The normalized spacial score (nSPS) is 14.1. The predicted molar refractivity (Wildman–Crippen MR) is 68.8 cm³/mol. The van der Waals surface area contributed by atoms with Crippen LogP contribution in [0.2, 0.25) is 0 Å². The van der Waals surface area contributed by atoms with Gasteiger partial charge in [-0.25, -0.2) is 4.99 Å². The van der Waals surface area contributed by atoms with Crippen molar-refractivity contribution in [3.05, 3.63) is 48.2 Å². The maximum Gasteiger partial charge on any atom is 0.103 e. The van der Waals surface area contributed by atoms with E-state index in [-0.39, 0.29) is 0 Å². The third kappa shape index (κ3) is 6.49. The summed E-state index contributed by atoms with van der Waals surface area (Å²) in [6.45, 7) is 9.86. The Morgan fingerprint density at radius 2 is 2.07 bits per heavy atom. The Balaban J connectivity index is 4.25. The summed E-state index contributed by atoms with van der Waals surface area (Å²) < 4.78 is 0. The first-order valence-electron chi connectivity index (χ1n) is 5.03. The maximum absolute atomic E-state index is 5.66. The van der Waals surface area contributed by atoms with Gasteiger partial charge in [-0.15, -0.1) is 0 Å². The molecule has 0 heterocycles. The number of amidine groups is 1. The standard InChI is InChI=1S/C13H20N2/c1-5-7-8-13(14)15-10-9-12(4)11(3)6-2/h5-7,9-10H,4,8H2,1-3H3,(H2,14,15)/b7-5-,10-9-,11-6-. The van der Waals surface area contributed by atoms with E-state index in [2.05, 4.69) is 11.6 Å². The summed E-state index contributed by atoms with van der Waals surface area (Å²) in [5.74, 6) is 0.607. The molecule has 0 fully saturated rings. The minimum Gasteiger partial charge on any atom is -0.387 e. The number of allylic oxidation sites excluding steroid dienone is 5. The largest absolute Gasteiger partial charge is 0.387 e. The Morgan fingerprint density at radius 3 is 2.60 bits per heavy atom. The highest BCUT2D eigenvalue weighted by atomic mass is 14.8. The van der Waals surface area contributed by atoms with Crippen LogP contribution < -0.4 is 5.73 Å². The summed E-state index contributed by atoms with van der Waals surface area (Å²) >= 11 is 0. The molecule has 0 unspecified atom stereocenters. The van der Waals surface area contributed by atoms with Crippen molar-refractivity contribution in [3.63, 3.8) is 0 Å². The van der Waals surface area contributed by atoms with Gasteiger partial charge in [0, 0.05) is 12.6 Å². The Morgan fingerprint density at radius 1 is 1.40 bits per heavy atom. The highest BCUT2D eigenvalue weighted by molar-refractivity contribution is 5.82. The van der Waals surface area contributed by atoms with Crippen LogP contribution in [0.3, 0.4) is 0 Å². The van der Waals surface area contributed by atoms with E-state index in [1.807, 2.05) is 45.1 Å². The lowest BCUT2D eigenvalue weighted by Crippen LogP contribution is -2.08. The molecule has 0 radical (unpaired) electrons. The molecular formula is C13H20N2. The Labute approximate surface area is 92.6 Å². The van der Waals surface area contributed by atoms with Crippen LogP contribution in [0.25, 0.3) is 0 Å². The predicted octanol–water partition coefficient (Wildman–Crippen LogP) is 3.35. The third-order valence-electron chi connectivity index (χ3n) is 2.02. The summed E-state index contributed by atoms with van der Waals surface area (Å²) in [6, 6.07) is 0. The number of aliphatic imine (C=N–C) groups is 1. The molecule has 0 bridgehead atoms. The van der Waals surface area contributed by atoms with E-state index in [1.165, 1.54) is 0 Å². The third-order valence-corrected chi connectivity index (χ3v) is 2.02. The van der Waals surface area contributed by atoms with Crippen molar-refractivity contribution in [1.82, 2.24) is 0 Å². The van der Waals surface area contributed by atoms with Gasteiger partial charge in [0.15, 0.2) is 0 Å². The molecular weight excluding hydrogens is 184 g/mol. The first kappa shape index (κ1) is 13.4. The van der Waals surface area contributed by atoms with Gasteiger partial charge in [0.05, 0.1) is 0 Å². The Bertz CT molecular complexity index is 317. The highest BCUT2D eigenvalue weighted by Crippen LogP contribution is 2.07. The quantitative estimate of drug-likeness (QED) is 0.317. The van der Waals surface area contributed by atoms with Gasteiger partial charge in [0.1, 0.15) is 5.84 Å². The maximum atomic E-state index is 5.66. The lowest BCUT2D eigenvalue weighted by atomic mass is 10.1. The molecule has 0 aromatic heterocycles. The number of hydrogen-bond donors (Lipinski definition) is 1. The second-order valence-electron chi connectivity index (χ2n) is 3.21. The summed E-state index contributed by atoms with van der Waals surface area (Å²) in [4.78, 5) is 4.09. The molecule has 0 spiro atoms. The van der Waals surface area contributed by atoms with Crippen molar-refractivity contribution in [2.45, 2.75) is 27.2 Å². The van der Waals surface area contributed by atoms with Crippen molar-refractivity contribution in [2.75, 3.05) is 0 Å². The van der Waals surface area contributed by atoms with Gasteiger partial charge < -0.3 is 5.73 Å². The minimum absolute atomic E-state index is 0.607. The van der Waals surface area contributed by atoms with Crippen LogP contribution in [-0.2, 0) is 0 Å². The van der Waals surface area contributed by atoms with Crippen LogP contribution in [0.5, 0.6) is 0 Å². The van der Waals surface area contributed by atoms with E-state index in [0.717, 1.165) is 11.1 Å². The molecule has 0 rings (SSSR count). The van der Waals surface area contributed by atoms with E-state index in [9.17, 15) is 0 Å². The molecule has 82 valence electrons. The van der Waals surface area contributed by atoms with Gasteiger partial charge in [-0.05, 0) is 38.0 Å². The summed E-state index contributed by atoms with van der Waals surface area (Å²) in [7, 11) is 0. The van der Waals surface area contributed by atoms with E-state index < -0.39 is 0 Å². The second kappa shape index (κ2) is 7.80. The number of hydrogen-bond acceptors (Lipinski definition) is 1. The molecule has 0 aromatic rings. The number of nitrogens with two attached hydrogens (primary N) is 1.